The standard InChI is InChI=1S/C24H19ClN2O2/c1-15-12-16(2)14-20(13-15)27-23(28)21(17-8-10-18(25)11-9-17)22(24(27)29)26-19-6-4-3-5-7-19/h3-14,26H,1-2H3. The predicted molar refractivity (Wildman–Crippen MR) is 117 cm³/mol. The van der Waals surface area contributed by atoms with Crippen molar-refractivity contribution in [1.29, 1.82) is 0 Å². The zero-order chi connectivity index (χ0) is 20.5. The highest BCUT2D eigenvalue weighted by Gasteiger charge is 2.40. The Morgan fingerprint density at radius 3 is 2.03 bits per heavy atom. The molecule has 1 N–H and O–H groups in total. The van der Waals surface area contributed by atoms with Gasteiger partial charge in [-0.25, -0.2) is 4.90 Å². The second kappa shape index (κ2) is 7.57. The van der Waals surface area contributed by atoms with E-state index in [-0.39, 0.29) is 17.5 Å². The van der Waals surface area contributed by atoms with Gasteiger partial charge in [-0.1, -0.05) is 48.0 Å². The number of para-hydroxylation sites is 1. The first-order valence-electron chi connectivity index (χ1n) is 9.23. The number of nitrogens with zero attached hydrogens (tertiary/aromatic N) is 1. The monoisotopic (exact) mass is 402 g/mol. The van der Waals surface area contributed by atoms with Crippen molar-refractivity contribution < 1.29 is 9.59 Å². The number of rotatable bonds is 4. The van der Waals surface area contributed by atoms with Gasteiger partial charge in [0.2, 0.25) is 0 Å². The Morgan fingerprint density at radius 2 is 1.41 bits per heavy atom. The highest BCUT2D eigenvalue weighted by molar-refractivity contribution is 6.46. The van der Waals surface area contributed by atoms with Crippen molar-refractivity contribution in [1.82, 2.24) is 0 Å². The van der Waals surface area contributed by atoms with Crippen molar-refractivity contribution in [2.24, 2.45) is 0 Å². The van der Waals surface area contributed by atoms with E-state index in [2.05, 4.69) is 5.32 Å². The molecule has 0 saturated carbocycles. The van der Waals surface area contributed by atoms with E-state index in [0.29, 0.717) is 21.8 Å². The summed E-state index contributed by atoms with van der Waals surface area (Å²) in [4.78, 5) is 28.0. The molecule has 0 atom stereocenters. The number of carbonyl (C=O) groups is 2. The Labute approximate surface area is 174 Å². The van der Waals surface area contributed by atoms with Crippen LogP contribution >= 0.6 is 11.6 Å². The lowest BCUT2D eigenvalue weighted by molar-refractivity contribution is -0.120. The number of benzene rings is 3. The third-order valence-electron chi connectivity index (χ3n) is 4.72. The molecular formula is C24H19ClN2O2. The molecule has 1 aliphatic heterocycles. The number of halogens is 1. The maximum absolute atomic E-state index is 13.4. The van der Waals surface area contributed by atoms with Gasteiger partial charge in [-0.15, -0.1) is 0 Å². The van der Waals surface area contributed by atoms with Gasteiger partial charge in [0.15, 0.2) is 0 Å². The largest absolute Gasteiger partial charge is 0.350 e. The summed E-state index contributed by atoms with van der Waals surface area (Å²) in [6.45, 7) is 3.89. The second-order valence-electron chi connectivity index (χ2n) is 7.04. The van der Waals surface area contributed by atoms with Gasteiger partial charge >= 0.3 is 0 Å². The van der Waals surface area contributed by atoms with Crippen LogP contribution in [0.4, 0.5) is 11.4 Å². The fourth-order valence-electron chi connectivity index (χ4n) is 3.51. The molecule has 5 heteroatoms. The molecule has 0 bridgehead atoms. The van der Waals surface area contributed by atoms with Crippen molar-refractivity contribution in [3.8, 4) is 0 Å². The van der Waals surface area contributed by atoms with Gasteiger partial charge in [0.05, 0.1) is 11.3 Å². The molecule has 144 valence electrons. The molecule has 0 fully saturated rings. The van der Waals surface area contributed by atoms with E-state index in [1.165, 1.54) is 4.90 Å². The minimum absolute atomic E-state index is 0.252. The Hall–Kier alpha value is -3.37. The van der Waals surface area contributed by atoms with Gasteiger partial charge in [-0.05, 0) is 66.9 Å². The Morgan fingerprint density at radius 1 is 0.793 bits per heavy atom. The normalized spacial score (nSPS) is 14.0. The maximum atomic E-state index is 13.4. The molecule has 0 unspecified atom stereocenters. The van der Waals surface area contributed by atoms with Crippen LogP contribution in [0.2, 0.25) is 5.02 Å². The number of imide groups is 1. The molecule has 3 aromatic carbocycles. The smallest absolute Gasteiger partial charge is 0.282 e. The Kier molecular flexibility index (Phi) is 4.95. The Bertz CT molecular complexity index is 1120. The van der Waals surface area contributed by atoms with Crippen LogP contribution in [0, 0.1) is 13.8 Å². The molecular weight excluding hydrogens is 384 g/mol. The first kappa shape index (κ1) is 19.0. The van der Waals surface area contributed by atoms with Gasteiger partial charge in [-0.2, -0.15) is 0 Å². The van der Waals surface area contributed by atoms with Crippen molar-refractivity contribution in [2.75, 3.05) is 10.2 Å². The molecule has 29 heavy (non-hydrogen) atoms. The molecule has 2 amide bonds. The van der Waals surface area contributed by atoms with Gasteiger partial charge in [-0.3, -0.25) is 9.59 Å². The number of carbonyl (C=O) groups excluding carboxylic acids is 2. The van der Waals surface area contributed by atoms with E-state index in [0.717, 1.165) is 16.8 Å². The molecule has 4 rings (SSSR count). The number of nitrogens with one attached hydrogen (secondary N) is 1. The number of aryl methyl sites for hydroxylation is 2. The maximum Gasteiger partial charge on any atom is 0.282 e. The molecule has 0 saturated heterocycles. The average Bonchev–Trinajstić information content (AvgIpc) is 2.92. The molecule has 3 aromatic rings. The summed E-state index contributed by atoms with van der Waals surface area (Å²) in [7, 11) is 0. The number of hydrogen-bond donors (Lipinski definition) is 1. The first-order chi connectivity index (χ1) is 13.9. The first-order valence-corrected chi connectivity index (χ1v) is 9.61. The van der Waals surface area contributed by atoms with E-state index in [1.807, 2.05) is 62.4 Å². The summed E-state index contributed by atoms with van der Waals surface area (Å²) in [6, 6.07) is 21.9. The fraction of sp³-hybridized carbons (Fsp3) is 0.0833. The quantitative estimate of drug-likeness (QED) is 0.598. The molecule has 0 aliphatic carbocycles. The van der Waals surface area contributed by atoms with E-state index in [9.17, 15) is 9.59 Å². The van der Waals surface area contributed by atoms with E-state index in [4.69, 9.17) is 11.6 Å². The van der Waals surface area contributed by atoms with Crippen LogP contribution < -0.4 is 10.2 Å². The summed E-state index contributed by atoms with van der Waals surface area (Å²) in [5.74, 6) is -0.741. The van der Waals surface area contributed by atoms with Crippen LogP contribution in [0.25, 0.3) is 5.57 Å². The molecule has 1 aliphatic rings. The third kappa shape index (κ3) is 3.67. The van der Waals surface area contributed by atoms with Crippen molar-refractivity contribution in [3.63, 3.8) is 0 Å². The fourth-order valence-corrected chi connectivity index (χ4v) is 3.64. The lowest BCUT2D eigenvalue weighted by atomic mass is 10.0. The Balaban J connectivity index is 1.84. The van der Waals surface area contributed by atoms with E-state index in [1.54, 1.807) is 24.3 Å². The number of hydrogen-bond acceptors (Lipinski definition) is 3. The van der Waals surface area contributed by atoms with Gasteiger partial charge in [0, 0.05) is 10.7 Å². The van der Waals surface area contributed by atoms with Crippen LogP contribution in [0.3, 0.4) is 0 Å². The summed E-state index contributed by atoms with van der Waals surface area (Å²) < 4.78 is 0. The average molecular weight is 403 g/mol. The van der Waals surface area contributed by atoms with Gasteiger partial charge in [0.1, 0.15) is 5.70 Å². The van der Waals surface area contributed by atoms with Crippen LogP contribution in [-0.4, -0.2) is 11.8 Å². The summed E-state index contributed by atoms with van der Waals surface area (Å²) >= 11 is 6.01. The third-order valence-corrected chi connectivity index (χ3v) is 4.98. The minimum Gasteiger partial charge on any atom is -0.350 e. The van der Waals surface area contributed by atoms with Crippen LogP contribution in [-0.2, 0) is 9.59 Å². The topological polar surface area (TPSA) is 49.4 Å². The van der Waals surface area contributed by atoms with Crippen LogP contribution in [0.15, 0.2) is 78.5 Å². The van der Waals surface area contributed by atoms with Crippen molar-refractivity contribution >= 4 is 40.4 Å². The lowest BCUT2D eigenvalue weighted by Crippen LogP contribution is -2.32. The highest BCUT2D eigenvalue weighted by atomic mass is 35.5. The summed E-state index contributed by atoms with van der Waals surface area (Å²) in [5.41, 5.74) is 4.48. The molecule has 0 aromatic heterocycles. The highest BCUT2D eigenvalue weighted by Crippen LogP contribution is 2.34. The SMILES string of the molecule is Cc1cc(C)cc(N2C(=O)C(Nc3ccccc3)=C(c3ccc(Cl)cc3)C2=O)c1. The predicted octanol–water partition coefficient (Wildman–Crippen LogP) is 5.35. The summed E-state index contributed by atoms with van der Waals surface area (Å²) in [5, 5.41) is 3.71. The van der Waals surface area contributed by atoms with E-state index < -0.39 is 0 Å². The molecule has 0 radical (unpaired) electrons. The molecule has 0 spiro atoms. The van der Waals surface area contributed by atoms with Gasteiger partial charge < -0.3 is 5.32 Å². The van der Waals surface area contributed by atoms with Crippen molar-refractivity contribution in [2.45, 2.75) is 13.8 Å². The summed E-state index contributed by atoms with van der Waals surface area (Å²) in [6.07, 6.45) is 0. The van der Waals surface area contributed by atoms with Crippen LogP contribution in [0.1, 0.15) is 16.7 Å². The zero-order valence-corrected chi connectivity index (χ0v) is 16.8. The lowest BCUT2D eigenvalue weighted by Gasteiger charge is -2.17. The van der Waals surface area contributed by atoms with Gasteiger partial charge in [0.25, 0.3) is 11.8 Å². The minimum atomic E-state index is -0.381. The van der Waals surface area contributed by atoms with E-state index >= 15 is 0 Å². The second-order valence-corrected chi connectivity index (χ2v) is 7.48. The molecule has 1 heterocycles. The molecule has 4 nitrogen and oxygen atoms in total. The van der Waals surface area contributed by atoms with Crippen LogP contribution in [0.5, 0.6) is 0 Å². The number of anilines is 2. The zero-order valence-electron chi connectivity index (χ0n) is 16.1. The number of amides is 2. The van der Waals surface area contributed by atoms with Crippen molar-refractivity contribution in [3.05, 3.63) is 100 Å².